The molecule has 1 aromatic carbocycles. The van der Waals surface area contributed by atoms with E-state index in [4.69, 9.17) is 11.6 Å². The highest BCUT2D eigenvalue weighted by atomic mass is 35.5. The van der Waals surface area contributed by atoms with Crippen LogP contribution < -0.4 is 0 Å². The van der Waals surface area contributed by atoms with Gasteiger partial charge in [0.05, 0.1) is 0 Å². The summed E-state index contributed by atoms with van der Waals surface area (Å²) in [6.45, 7) is 6.12. The number of hydrogen-bond acceptors (Lipinski definition) is 2. The van der Waals surface area contributed by atoms with Crippen molar-refractivity contribution in [3.63, 3.8) is 0 Å². The second kappa shape index (κ2) is 6.80. The van der Waals surface area contributed by atoms with Crippen LogP contribution in [-0.4, -0.2) is 48.9 Å². The first-order valence-electron chi connectivity index (χ1n) is 7.64. The van der Waals surface area contributed by atoms with Gasteiger partial charge in [-0.15, -0.1) is 0 Å². The van der Waals surface area contributed by atoms with E-state index in [2.05, 4.69) is 25.8 Å². The van der Waals surface area contributed by atoms with Crippen molar-refractivity contribution in [3.05, 3.63) is 34.3 Å². The number of likely N-dealkylation sites (N-methyl/N-ethyl adjacent to an activating group) is 2. The highest BCUT2D eigenvalue weighted by molar-refractivity contribution is 6.31. The fraction of sp³-hybridized carbons (Fsp3) is 0.588. The molecule has 2 rings (SSSR count). The molecule has 1 saturated heterocycles. The quantitative estimate of drug-likeness (QED) is 0.848. The number of likely N-dealkylation sites (tertiary alicyclic amines) is 1. The number of nitrogens with zero attached hydrogens (tertiary/aromatic N) is 2. The zero-order valence-electron chi connectivity index (χ0n) is 13.4. The first-order chi connectivity index (χ1) is 9.88. The molecule has 1 amide bonds. The van der Waals surface area contributed by atoms with Crippen LogP contribution in [0.3, 0.4) is 0 Å². The van der Waals surface area contributed by atoms with Crippen molar-refractivity contribution in [1.82, 2.24) is 9.80 Å². The molecule has 4 heteroatoms. The summed E-state index contributed by atoms with van der Waals surface area (Å²) in [5, 5.41) is 0.635. The van der Waals surface area contributed by atoms with E-state index in [1.165, 1.54) is 12.8 Å². The largest absolute Gasteiger partial charge is 0.340 e. The van der Waals surface area contributed by atoms with Crippen molar-refractivity contribution in [1.29, 1.82) is 0 Å². The Bertz CT molecular complexity index is 516. The predicted octanol–water partition coefficient (Wildman–Crippen LogP) is 3.63. The Morgan fingerprint density at radius 1 is 1.43 bits per heavy atom. The summed E-state index contributed by atoms with van der Waals surface area (Å²) in [6.07, 6.45) is 2.39. The summed E-state index contributed by atoms with van der Waals surface area (Å²) in [4.78, 5) is 16.8. The van der Waals surface area contributed by atoms with Crippen LogP contribution in [0.25, 0.3) is 0 Å². The molecule has 0 saturated carbocycles. The van der Waals surface area contributed by atoms with Crippen LogP contribution in [0.5, 0.6) is 0 Å². The summed E-state index contributed by atoms with van der Waals surface area (Å²) >= 11 is 6.16. The molecule has 1 atom stereocenters. The molecule has 1 aliphatic heterocycles. The van der Waals surface area contributed by atoms with E-state index in [-0.39, 0.29) is 5.91 Å². The van der Waals surface area contributed by atoms with Crippen LogP contribution in [0.4, 0.5) is 0 Å². The van der Waals surface area contributed by atoms with Crippen LogP contribution in [0.2, 0.25) is 5.02 Å². The van der Waals surface area contributed by atoms with E-state index in [1.54, 1.807) is 6.07 Å². The minimum Gasteiger partial charge on any atom is -0.340 e. The summed E-state index contributed by atoms with van der Waals surface area (Å²) in [5.41, 5.74) is 1.80. The Balaban J connectivity index is 2.11. The number of halogens is 1. The second-order valence-electron chi connectivity index (χ2n) is 6.39. The Labute approximate surface area is 132 Å². The molecule has 3 nitrogen and oxygen atoms in total. The minimum atomic E-state index is 0.0553. The first-order valence-corrected chi connectivity index (χ1v) is 8.02. The lowest BCUT2D eigenvalue weighted by Crippen LogP contribution is -2.39. The molecular weight excluding hydrogens is 284 g/mol. The van der Waals surface area contributed by atoms with Gasteiger partial charge in [-0.3, -0.25) is 4.79 Å². The van der Waals surface area contributed by atoms with Gasteiger partial charge >= 0.3 is 0 Å². The third-order valence-electron chi connectivity index (χ3n) is 4.34. The van der Waals surface area contributed by atoms with Crippen LogP contribution >= 0.6 is 11.6 Å². The number of benzene rings is 1. The van der Waals surface area contributed by atoms with Gasteiger partial charge in [0.2, 0.25) is 0 Å². The molecule has 1 heterocycles. The standard InChI is InChI=1S/C17H25ClN2O/c1-12(2)13-8-14(10-15(18)9-13)17(21)20(4)11-16-6-5-7-19(16)3/h8-10,12,16H,5-7,11H2,1-4H3. The Kier molecular flexibility index (Phi) is 5.28. The van der Waals surface area contributed by atoms with Crippen molar-refractivity contribution < 1.29 is 4.79 Å². The van der Waals surface area contributed by atoms with Gasteiger partial charge in [-0.05, 0) is 56.1 Å². The Morgan fingerprint density at radius 2 is 2.14 bits per heavy atom. The third kappa shape index (κ3) is 3.98. The normalized spacial score (nSPS) is 19.2. The number of rotatable bonds is 4. The summed E-state index contributed by atoms with van der Waals surface area (Å²) in [5.74, 6) is 0.418. The maximum Gasteiger partial charge on any atom is 0.253 e. The third-order valence-corrected chi connectivity index (χ3v) is 4.55. The molecule has 1 aliphatic rings. The summed E-state index contributed by atoms with van der Waals surface area (Å²) in [6, 6.07) is 6.15. The number of hydrogen-bond donors (Lipinski definition) is 0. The zero-order valence-corrected chi connectivity index (χ0v) is 14.2. The average molecular weight is 309 g/mol. The molecule has 1 aromatic rings. The molecule has 0 bridgehead atoms. The average Bonchev–Trinajstić information content (AvgIpc) is 2.82. The van der Waals surface area contributed by atoms with E-state index in [0.717, 1.165) is 18.7 Å². The highest BCUT2D eigenvalue weighted by Crippen LogP contribution is 2.23. The first kappa shape index (κ1) is 16.3. The highest BCUT2D eigenvalue weighted by Gasteiger charge is 2.24. The topological polar surface area (TPSA) is 23.6 Å². The lowest BCUT2D eigenvalue weighted by atomic mass is 10.0. The van der Waals surface area contributed by atoms with Gasteiger partial charge in [0.15, 0.2) is 0 Å². The molecule has 0 spiro atoms. The lowest BCUT2D eigenvalue weighted by molar-refractivity contribution is 0.0761. The molecule has 0 N–H and O–H groups in total. The maximum atomic E-state index is 12.6. The van der Waals surface area contributed by atoms with Crippen LogP contribution in [0, 0.1) is 0 Å². The van der Waals surface area contributed by atoms with Crippen molar-refractivity contribution in [2.24, 2.45) is 0 Å². The van der Waals surface area contributed by atoms with E-state index in [1.807, 2.05) is 24.1 Å². The molecule has 21 heavy (non-hydrogen) atoms. The van der Waals surface area contributed by atoms with Gasteiger partial charge in [-0.2, -0.15) is 0 Å². The van der Waals surface area contributed by atoms with Crippen LogP contribution in [0.15, 0.2) is 18.2 Å². The van der Waals surface area contributed by atoms with E-state index >= 15 is 0 Å². The van der Waals surface area contributed by atoms with Crippen LogP contribution in [-0.2, 0) is 0 Å². The van der Waals surface area contributed by atoms with Gasteiger partial charge in [-0.25, -0.2) is 0 Å². The van der Waals surface area contributed by atoms with E-state index < -0.39 is 0 Å². The monoisotopic (exact) mass is 308 g/mol. The predicted molar refractivity (Wildman–Crippen MR) is 88.2 cm³/mol. The van der Waals surface area contributed by atoms with Gasteiger partial charge in [-0.1, -0.05) is 25.4 Å². The number of amides is 1. The van der Waals surface area contributed by atoms with Crippen molar-refractivity contribution in [2.75, 3.05) is 27.2 Å². The molecular formula is C17H25ClN2O. The van der Waals surface area contributed by atoms with E-state index in [0.29, 0.717) is 22.5 Å². The van der Waals surface area contributed by atoms with E-state index in [9.17, 15) is 4.79 Å². The zero-order chi connectivity index (χ0) is 15.6. The molecule has 1 fully saturated rings. The number of carbonyl (C=O) groups excluding carboxylic acids is 1. The lowest BCUT2D eigenvalue weighted by Gasteiger charge is -2.26. The molecule has 1 unspecified atom stereocenters. The van der Waals surface area contributed by atoms with Crippen LogP contribution in [0.1, 0.15) is 48.5 Å². The molecule has 0 radical (unpaired) electrons. The summed E-state index contributed by atoms with van der Waals surface area (Å²) in [7, 11) is 4.01. The minimum absolute atomic E-state index is 0.0553. The molecule has 116 valence electrons. The van der Waals surface area contributed by atoms with Crippen molar-refractivity contribution in [2.45, 2.75) is 38.6 Å². The van der Waals surface area contributed by atoms with Gasteiger partial charge < -0.3 is 9.80 Å². The SMILES string of the molecule is CC(C)c1cc(Cl)cc(C(=O)N(C)CC2CCCN2C)c1. The fourth-order valence-corrected chi connectivity index (χ4v) is 3.14. The van der Waals surface area contributed by atoms with Gasteiger partial charge in [0.25, 0.3) is 5.91 Å². The van der Waals surface area contributed by atoms with Gasteiger partial charge in [0.1, 0.15) is 0 Å². The van der Waals surface area contributed by atoms with Crippen molar-refractivity contribution >= 4 is 17.5 Å². The van der Waals surface area contributed by atoms with Gasteiger partial charge in [0, 0.05) is 30.2 Å². The number of carbonyl (C=O) groups is 1. The van der Waals surface area contributed by atoms with Crippen molar-refractivity contribution in [3.8, 4) is 0 Å². The molecule has 0 aromatic heterocycles. The Morgan fingerprint density at radius 3 is 2.71 bits per heavy atom. The fourth-order valence-electron chi connectivity index (χ4n) is 2.90. The maximum absolute atomic E-state index is 12.6. The summed E-state index contributed by atoms with van der Waals surface area (Å²) < 4.78 is 0. The Hall–Kier alpha value is -1.06. The molecule has 0 aliphatic carbocycles. The smallest absolute Gasteiger partial charge is 0.253 e. The second-order valence-corrected chi connectivity index (χ2v) is 6.83.